The summed E-state index contributed by atoms with van der Waals surface area (Å²) in [5.41, 5.74) is 1.34. The van der Waals surface area contributed by atoms with Gasteiger partial charge in [0.1, 0.15) is 10.6 Å². The van der Waals surface area contributed by atoms with Crippen LogP contribution in [0.25, 0.3) is 16.3 Å². The quantitative estimate of drug-likeness (QED) is 0.687. The number of rotatable bonds is 5. The van der Waals surface area contributed by atoms with E-state index in [1.165, 1.54) is 17.8 Å². The van der Waals surface area contributed by atoms with Crippen LogP contribution in [0.3, 0.4) is 0 Å². The van der Waals surface area contributed by atoms with E-state index in [0.717, 1.165) is 29.8 Å². The second-order valence-corrected chi connectivity index (χ2v) is 9.72. The summed E-state index contributed by atoms with van der Waals surface area (Å²) in [6.45, 7) is 2.12. The normalized spacial score (nSPS) is 20.6. The molecular weight excluding hydrogens is 378 g/mol. The van der Waals surface area contributed by atoms with E-state index in [4.69, 9.17) is 0 Å². The van der Waals surface area contributed by atoms with Gasteiger partial charge in [0, 0.05) is 6.04 Å². The molecular formula is C20H23N3O2S2. The van der Waals surface area contributed by atoms with Crippen molar-refractivity contribution < 1.29 is 8.42 Å². The van der Waals surface area contributed by atoms with Crippen molar-refractivity contribution in [3.63, 3.8) is 0 Å². The minimum Gasteiger partial charge on any atom is -0.239 e. The van der Waals surface area contributed by atoms with E-state index in [1.54, 1.807) is 10.9 Å². The molecule has 27 heavy (non-hydrogen) atoms. The molecule has 0 saturated heterocycles. The minimum atomic E-state index is -3.66. The van der Waals surface area contributed by atoms with Crippen LogP contribution >= 0.6 is 11.3 Å². The lowest BCUT2D eigenvalue weighted by molar-refractivity contribution is 0.310. The van der Waals surface area contributed by atoms with Crippen molar-refractivity contribution in [2.45, 2.75) is 43.5 Å². The summed E-state index contributed by atoms with van der Waals surface area (Å²) in [4.78, 5) is 1.09. The lowest BCUT2D eigenvalue weighted by Gasteiger charge is -2.29. The fourth-order valence-corrected chi connectivity index (χ4v) is 5.91. The van der Waals surface area contributed by atoms with Gasteiger partial charge in [-0.15, -0.1) is 11.3 Å². The van der Waals surface area contributed by atoms with Gasteiger partial charge in [-0.25, -0.2) is 17.8 Å². The molecule has 2 unspecified atom stereocenters. The average molecular weight is 402 g/mol. The Balaban J connectivity index is 1.75. The van der Waals surface area contributed by atoms with Gasteiger partial charge in [-0.05, 0) is 42.3 Å². The van der Waals surface area contributed by atoms with Crippen molar-refractivity contribution in [1.29, 1.82) is 0 Å². The zero-order chi connectivity index (χ0) is 18.9. The topological polar surface area (TPSA) is 64.0 Å². The van der Waals surface area contributed by atoms with E-state index < -0.39 is 10.0 Å². The number of para-hydroxylation sites is 1. The number of aromatic nitrogens is 2. The summed E-state index contributed by atoms with van der Waals surface area (Å²) in [5.74, 6) is 0.350. The van der Waals surface area contributed by atoms with Crippen LogP contribution in [0.4, 0.5) is 0 Å². The molecule has 1 aromatic carbocycles. The standard InChI is InChI=1S/C20H23N3O2S2/c1-15-8-5-6-11-17(15)22-27(24,25)19-14-23(16-9-3-2-4-10-16)21-20(19)18-12-7-13-26-18/h2-4,7,9-10,12-15,17,22H,5-6,8,11H2,1H3. The minimum absolute atomic E-state index is 0.0139. The third-order valence-electron chi connectivity index (χ3n) is 5.16. The zero-order valence-electron chi connectivity index (χ0n) is 15.2. The molecule has 1 fully saturated rings. The van der Waals surface area contributed by atoms with Crippen LogP contribution in [-0.2, 0) is 10.0 Å². The number of hydrogen-bond donors (Lipinski definition) is 1. The maximum absolute atomic E-state index is 13.2. The first-order chi connectivity index (χ1) is 13.0. The Kier molecular flexibility index (Phi) is 5.16. The van der Waals surface area contributed by atoms with Gasteiger partial charge in [0.15, 0.2) is 0 Å². The van der Waals surface area contributed by atoms with Crippen molar-refractivity contribution in [2.24, 2.45) is 5.92 Å². The van der Waals surface area contributed by atoms with Crippen molar-refractivity contribution >= 4 is 21.4 Å². The summed E-state index contributed by atoms with van der Waals surface area (Å²) in [7, 11) is -3.66. The van der Waals surface area contributed by atoms with Crippen LogP contribution in [0.1, 0.15) is 32.6 Å². The van der Waals surface area contributed by atoms with Gasteiger partial charge < -0.3 is 0 Å². The highest BCUT2D eigenvalue weighted by Gasteiger charge is 2.30. The number of nitrogens with zero attached hydrogens (tertiary/aromatic N) is 2. The molecule has 1 aliphatic rings. The molecule has 4 rings (SSSR count). The predicted octanol–water partition coefficient (Wildman–Crippen LogP) is 4.46. The first kappa shape index (κ1) is 18.4. The van der Waals surface area contributed by atoms with Crippen molar-refractivity contribution in [2.75, 3.05) is 0 Å². The zero-order valence-corrected chi connectivity index (χ0v) is 16.8. The van der Waals surface area contributed by atoms with E-state index in [-0.39, 0.29) is 10.9 Å². The van der Waals surface area contributed by atoms with E-state index in [9.17, 15) is 8.42 Å². The van der Waals surface area contributed by atoms with Crippen molar-refractivity contribution in [3.05, 3.63) is 54.0 Å². The van der Waals surface area contributed by atoms with E-state index in [0.29, 0.717) is 11.6 Å². The molecule has 2 heterocycles. The molecule has 2 atom stereocenters. The summed E-state index contributed by atoms with van der Waals surface area (Å²) >= 11 is 1.49. The Hall–Kier alpha value is -1.96. The second kappa shape index (κ2) is 7.58. The molecule has 0 aliphatic heterocycles. The van der Waals surface area contributed by atoms with E-state index >= 15 is 0 Å². The first-order valence-electron chi connectivity index (χ1n) is 9.26. The number of nitrogens with one attached hydrogen (secondary N) is 1. The van der Waals surface area contributed by atoms with Crippen LogP contribution in [0.15, 0.2) is 58.9 Å². The maximum Gasteiger partial charge on any atom is 0.244 e. The molecule has 5 nitrogen and oxygen atoms in total. The SMILES string of the molecule is CC1CCCCC1NS(=O)(=O)c1cn(-c2ccccc2)nc1-c1cccs1. The van der Waals surface area contributed by atoms with Gasteiger partial charge in [-0.2, -0.15) is 5.10 Å². The lowest BCUT2D eigenvalue weighted by Crippen LogP contribution is -2.41. The van der Waals surface area contributed by atoms with Crippen molar-refractivity contribution in [3.8, 4) is 16.3 Å². The summed E-state index contributed by atoms with van der Waals surface area (Å²) < 4.78 is 31.1. The third kappa shape index (κ3) is 3.85. The highest BCUT2D eigenvalue weighted by atomic mass is 32.2. The number of benzene rings is 1. The molecule has 0 spiro atoms. The molecule has 1 aliphatic carbocycles. The van der Waals surface area contributed by atoms with E-state index in [2.05, 4.69) is 16.7 Å². The number of sulfonamides is 1. The van der Waals surface area contributed by atoms with Crippen LogP contribution < -0.4 is 4.72 Å². The van der Waals surface area contributed by atoms with Gasteiger partial charge in [0.25, 0.3) is 0 Å². The van der Waals surface area contributed by atoms with Crippen LogP contribution in [0.5, 0.6) is 0 Å². The van der Waals surface area contributed by atoms with Gasteiger partial charge >= 0.3 is 0 Å². The Labute approximate surface area is 164 Å². The second-order valence-electron chi connectivity index (χ2n) is 7.09. The monoisotopic (exact) mass is 401 g/mol. The van der Waals surface area contributed by atoms with Crippen LogP contribution in [0.2, 0.25) is 0 Å². The Morgan fingerprint density at radius 1 is 1.11 bits per heavy atom. The Bertz CT molecular complexity index is 995. The lowest BCUT2D eigenvalue weighted by atomic mass is 9.87. The largest absolute Gasteiger partial charge is 0.244 e. The summed E-state index contributed by atoms with van der Waals surface area (Å²) in [5, 5.41) is 6.54. The van der Waals surface area contributed by atoms with Crippen molar-refractivity contribution in [1.82, 2.24) is 14.5 Å². The van der Waals surface area contributed by atoms with E-state index in [1.807, 2.05) is 47.8 Å². The molecule has 2 aromatic heterocycles. The molecule has 7 heteroatoms. The van der Waals surface area contributed by atoms with Gasteiger partial charge in [-0.1, -0.05) is 44.0 Å². The Morgan fingerprint density at radius 2 is 1.89 bits per heavy atom. The van der Waals surface area contributed by atoms with Gasteiger partial charge in [0.05, 0.1) is 16.8 Å². The molecule has 3 aromatic rings. The molecule has 1 N–H and O–H groups in total. The third-order valence-corrected chi connectivity index (χ3v) is 7.53. The van der Waals surface area contributed by atoms with Crippen LogP contribution in [0, 0.1) is 5.92 Å². The molecule has 0 radical (unpaired) electrons. The first-order valence-corrected chi connectivity index (χ1v) is 11.6. The number of hydrogen-bond acceptors (Lipinski definition) is 4. The molecule has 0 amide bonds. The molecule has 142 valence electrons. The predicted molar refractivity (Wildman–Crippen MR) is 109 cm³/mol. The van der Waals surface area contributed by atoms with Gasteiger partial charge in [-0.3, -0.25) is 0 Å². The maximum atomic E-state index is 13.2. The summed E-state index contributed by atoms with van der Waals surface area (Å²) in [6.07, 6.45) is 5.82. The summed E-state index contributed by atoms with van der Waals surface area (Å²) in [6, 6.07) is 13.4. The molecule has 0 bridgehead atoms. The average Bonchev–Trinajstić information content (AvgIpc) is 3.34. The molecule has 1 saturated carbocycles. The smallest absolute Gasteiger partial charge is 0.239 e. The number of thiophene rings is 1. The fourth-order valence-electron chi connectivity index (χ4n) is 3.61. The highest BCUT2D eigenvalue weighted by Crippen LogP contribution is 2.32. The van der Waals surface area contributed by atoms with Gasteiger partial charge in [0.2, 0.25) is 10.0 Å². The Morgan fingerprint density at radius 3 is 2.59 bits per heavy atom. The fraction of sp³-hybridized carbons (Fsp3) is 0.350. The highest BCUT2D eigenvalue weighted by molar-refractivity contribution is 7.89. The van der Waals surface area contributed by atoms with Crippen LogP contribution in [-0.4, -0.2) is 24.2 Å².